The molecule has 1 saturated heterocycles. The highest BCUT2D eigenvalue weighted by atomic mass is 35.5. The van der Waals surface area contributed by atoms with Gasteiger partial charge in [-0.05, 0) is 36.0 Å². The van der Waals surface area contributed by atoms with Crippen molar-refractivity contribution in [1.82, 2.24) is 4.90 Å². The van der Waals surface area contributed by atoms with Crippen LogP contribution in [0.3, 0.4) is 0 Å². The molecule has 0 bridgehead atoms. The van der Waals surface area contributed by atoms with Crippen LogP contribution in [0, 0.1) is 23.3 Å². The van der Waals surface area contributed by atoms with Crippen LogP contribution in [0.1, 0.15) is 37.3 Å². The van der Waals surface area contributed by atoms with Crippen LogP contribution in [-0.4, -0.2) is 23.9 Å². The largest absolute Gasteiger partial charge is 0.342 e. The average molecular weight is 412 g/mol. The third-order valence-corrected chi connectivity index (χ3v) is 6.69. The molecular weight excluding hydrogens is 394 g/mol. The molecule has 1 aliphatic heterocycles. The zero-order valence-corrected chi connectivity index (χ0v) is 16.1. The van der Waals surface area contributed by atoms with Crippen molar-refractivity contribution in [3.63, 3.8) is 0 Å². The molecule has 2 aliphatic rings. The van der Waals surface area contributed by atoms with Crippen molar-refractivity contribution in [3.8, 4) is 11.1 Å². The van der Waals surface area contributed by atoms with Crippen LogP contribution in [0.5, 0.6) is 0 Å². The average Bonchev–Trinajstić information content (AvgIpc) is 2.68. The minimum atomic E-state index is -1.60. The molecule has 0 radical (unpaired) electrons. The van der Waals surface area contributed by atoms with Crippen molar-refractivity contribution >= 4 is 17.5 Å². The highest BCUT2D eigenvalue weighted by Crippen LogP contribution is 2.47. The molecule has 0 unspecified atom stereocenters. The van der Waals surface area contributed by atoms with Gasteiger partial charge in [0.15, 0.2) is 23.3 Å². The highest BCUT2D eigenvalue weighted by molar-refractivity contribution is 6.31. The molecule has 1 fully saturated rings. The zero-order chi connectivity index (χ0) is 20.4. The van der Waals surface area contributed by atoms with Gasteiger partial charge in [-0.15, -0.1) is 0 Å². The Morgan fingerprint density at radius 1 is 1.07 bits per heavy atom. The standard InChI is InChI=1S/C21H18ClF4NO/c1-21-8-7-14(28)27(2)13(21)6-4-10-9-11(3-5-12(10)21)15-17(23)19(25)16(22)20(26)18(15)24/h3,5,9,13H,4,6-8H2,1-2H3/t13-,21-/m1/s1. The quantitative estimate of drug-likeness (QED) is 0.350. The SMILES string of the molecule is CN1C(=O)CC[C@]2(C)c3ccc(-c4c(F)c(F)c(Cl)c(F)c4F)cc3CC[C@@H]12. The number of fused-ring (bicyclic) bond motifs is 3. The van der Waals surface area contributed by atoms with E-state index in [1.54, 1.807) is 24.1 Å². The predicted octanol–water partition coefficient (Wildman–Crippen LogP) is 5.39. The number of amides is 1. The Labute approximate surface area is 165 Å². The van der Waals surface area contributed by atoms with Crippen LogP contribution >= 0.6 is 11.6 Å². The number of likely N-dealkylation sites (tertiary alicyclic amines) is 1. The first-order chi connectivity index (χ1) is 13.2. The summed E-state index contributed by atoms with van der Waals surface area (Å²) in [6.45, 7) is 2.08. The highest BCUT2D eigenvalue weighted by Gasteiger charge is 2.46. The number of piperidine rings is 1. The Balaban J connectivity index is 1.84. The summed E-state index contributed by atoms with van der Waals surface area (Å²) in [5.41, 5.74) is 0.898. The molecule has 0 saturated carbocycles. The first kappa shape index (κ1) is 19.2. The van der Waals surface area contributed by atoms with E-state index in [-0.39, 0.29) is 22.9 Å². The summed E-state index contributed by atoms with van der Waals surface area (Å²) in [6.07, 6.45) is 2.42. The van der Waals surface area contributed by atoms with Gasteiger partial charge in [0, 0.05) is 24.9 Å². The van der Waals surface area contributed by atoms with Crippen molar-refractivity contribution < 1.29 is 22.4 Å². The molecule has 2 aromatic carbocycles. The second-order valence-corrected chi connectivity index (χ2v) is 8.17. The van der Waals surface area contributed by atoms with Gasteiger partial charge in [0.25, 0.3) is 0 Å². The van der Waals surface area contributed by atoms with Crippen LogP contribution in [0.2, 0.25) is 5.02 Å². The molecule has 0 N–H and O–H groups in total. The summed E-state index contributed by atoms with van der Waals surface area (Å²) in [5.74, 6) is -6.11. The Kier molecular flexibility index (Phi) is 4.45. The van der Waals surface area contributed by atoms with Crippen molar-refractivity contribution in [2.24, 2.45) is 0 Å². The van der Waals surface area contributed by atoms with Crippen molar-refractivity contribution in [3.05, 3.63) is 57.6 Å². The summed E-state index contributed by atoms with van der Waals surface area (Å²) in [4.78, 5) is 13.9. The van der Waals surface area contributed by atoms with Gasteiger partial charge in [0.2, 0.25) is 5.91 Å². The van der Waals surface area contributed by atoms with Gasteiger partial charge in [-0.25, -0.2) is 17.6 Å². The monoisotopic (exact) mass is 411 g/mol. The van der Waals surface area contributed by atoms with E-state index in [0.29, 0.717) is 25.7 Å². The zero-order valence-electron chi connectivity index (χ0n) is 15.4. The normalized spacial score (nSPS) is 24.2. The second kappa shape index (κ2) is 6.48. The predicted molar refractivity (Wildman–Crippen MR) is 98.2 cm³/mol. The van der Waals surface area contributed by atoms with Crippen molar-refractivity contribution in [2.45, 2.75) is 44.1 Å². The van der Waals surface area contributed by atoms with Crippen molar-refractivity contribution in [1.29, 1.82) is 0 Å². The van der Waals surface area contributed by atoms with Gasteiger partial charge in [-0.3, -0.25) is 4.79 Å². The number of hydrogen-bond acceptors (Lipinski definition) is 1. The minimum Gasteiger partial charge on any atom is -0.342 e. The molecule has 148 valence electrons. The molecule has 0 spiro atoms. The van der Waals surface area contributed by atoms with E-state index in [9.17, 15) is 22.4 Å². The Bertz CT molecular complexity index is 979. The van der Waals surface area contributed by atoms with Gasteiger partial charge in [-0.2, -0.15) is 0 Å². The number of halogens is 5. The second-order valence-electron chi connectivity index (χ2n) is 7.79. The number of rotatable bonds is 1. The van der Waals surface area contributed by atoms with Crippen molar-refractivity contribution in [2.75, 3.05) is 7.05 Å². The number of hydrogen-bond donors (Lipinski definition) is 0. The number of likely N-dealkylation sites (N-methyl/N-ethyl adjacent to an activating group) is 1. The minimum absolute atomic E-state index is 0.0472. The molecule has 1 amide bonds. The topological polar surface area (TPSA) is 20.3 Å². The van der Waals surface area contributed by atoms with Crippen LogP contribution in [-0.2, 0) is 16.6 Å². The summed E-state index contributed by atoms with van der Waals surface area (Å²) in [6, 6.07) is 4.86. The van der Waals surface area contributed by atoms with Crippen LogP contribution in [0.25, 0.3) is 11.1 Å². The Morgan fingerprint density at radius 2 is 1.71 bits per heavy atom. The van der Waals surface area contributed by atoms with Gasteiger partial charge in [0.05, 0.1) is 5.56 Å². The maximum atomic E-state index is 14.3. The number of benzene rings is 2. The lowest BCUT2D eigenvalue weighted by atomic mass is 9.63. The lowest BCUT2D eigenvalue weighted by Gasteiger charge is -2.50. The van der Waals surface area contributed by atoms with E-state index in [0.717, 1.165) is 11.1 Å². The van der Waals surface area contributed by atoms with Gasteiger partial charge >= 0.3 is 0 Å². The van der Waals surface area contributed by atoms with E-state index in [1.807, 2.05) is 0 Å². The molecule has 4 rings (SSSR count). The Morgan fingerprint density at radius 3 is 2.36 bits per heavy atom. The maximum Gasteiger partial charge on any atom is 0.222 e. The number of nitrogens with zero attached hydrogens (tertiary/aromatic N) is 1. The lowest BCUT2D eigenvalue weighted by molar-refractivity contribution is -0.138. The van der Waals surface area contributed by atoms with E-state index in [4.69, 9.17) is 11.6 Å². The van der Waals surface area contributed by atoms with Crippen LogP contribution in [0.15, 0.2) is 18.2 Å². The van der Waals surface area contributed by atoms with E-state index < -0.39 is 33.9 Å². The summed E-state index contributed by atoms with van der Waals surface area (Å²) in [7, 11) is 1.80. The van der Waals surface area contributed by atoms with E-state index in [2.05, 4.69) is 6.92 Å². The molecule has 1 heterocycles. The molecule has 2 atom stereocenters. The molecule has 2 aromatic rings. The fourth-order valence-corrected chi connectivity index (χ4v) is 4.97. The summed E-state index contributed by atoms with van der Waals surface area (Å²) >= 11 is 5.32. The Hall–Kier alpha value is -2.08. The van der Waals surface area contributed by atoms with E-state index in [1.165, 1.54) is 6.07 Å². The van der Waals surface area contributed by atoms with Crippen LogP contribution in [0.4, 0.5) is 17.6 Å². The fourth-order valence-electron chi connectivity index (χ4n) is 4.80. The maximum absolute atomic E-state index is 14.3. The van der Waals surface area contributed by atoms with E-state index >= 15 is 0 Å². The first-order valence-corrected chi connectivity index (χ1v) is 9.45. The molecule has 28 heavy (non-hydrogen) atoms. The lowest BCUT2D eigenvalue weighted by Crippen LogP contribution is -2.56. The molecule has 0 aromatic heterocycles. The molecule has 1 aliphatic carbocycles. The third-order valence-electron chi connectivity index (χ3n) is 6.36. The molecule has 7 heteroatoms. The third kappa shape index (κ3) is 2.57. The fraction of sp³-hybridized carbons (Fsp3) is 0.381. The van der Waals surface area contributed by atoms with Gasteiger partial charge in [0.1, 0.15) is 5.02 Å². The van der Waals surface area contributed by atoms with Gasteiger partial charge in [-0.1, -0.05) is 36.7 Å². The molecular formula is C21H18ClF4NO. The first-order valence-electron chi connectivity index (χ1n) is 9.07. The van der Waals surface area contributed by atoms with Crippen LogP contribution < -0.4 is 0 Å². The number of carbonyl (C=O) groups is 1. The summed E-state index contributed by atoms with van der Waals surface area (Å²) in [5, 5.41) is -1.19. The number of aryl methyl sites for hydroxylation is 1. The smallest absolute Gasteiger partial charge is 0.222 e. The molecule has 2 nitrogen and oxygen atoms in total. The number of carbonyl (C=O) groups excluding carboxylic acids is 1. The summed E-state index contributed by atoms with van der Waals surface area (Å²) < 4.78 is 56.4. The van der Waals surface area contributed by atoms with Gasteiger partial charge < -0.3 is 4.90 Å².